The van der Waals surface area contributed by atoms with E-state index in [-0.39, 0.29) is 30.7 Å². The van der Waals surface area contributed by atoms with Crippen molar-refractivity contribution >= 4 is 17.8 Å². The van der Waals surface area contributed by atoms with Crippen molar-refractivity contribution in [1.82, 2.24) is 10.2 Å². The van der Waals surface area contributed by atoms with Gasteiger partial charge in [-0.15, -0.1) is 0 Å². The Balaban J connectivity index is 2.52. The zero-order valence-corrected chi connectivity index (χ0v) is 13.9. The molecule has 1 saturated carbocycles. The summed E-state index contributed by atoms with van der Waals surface area (Å²) in [7, 11) is 1.58. The molecule has 1 aliphatic rings. The maximum absolute atomic E-state index is 12.3. The predicted octanol–water partition coefficient (Wildman–Crippen LogP) is 1.93. The molecule has 6 heteroatoms. The first-order chi connectivity index (χ1) is 10.3. The Morgan fingerprint density at radius 3 is 2.23 bits per heavy atom. The summed E-state index contributed by atoms with van der Waals surface area (Å²) >= 11 is 0. The molecule has 0 aromatic rings. The molecule has 22 heavy (non-hydrogen) atoms. The Kier molecular flexibility index (Phi) is 6.84. The van der Waals surface area contributed by atoms with Crippen LogP contribution in [0.4, 0.5) is 0 Å². The normalized spacial score (nSPS) is 17.1. The minimum atomic E-state index is -1.06. The van der Waals surface area contributed by atoms with E-state index in [0.29, 0.717) is 19.3 Å². The van der Waals surface area contributed by atoms with Gasteiger partial charge in [0, 0.05) is 25.9 Å². The molecule has 0 saturated heterocycles. The van der Waals surface area contributed by atoms with Crippen LogP contribution < -0.4 is 5.32 Å². The SMILES string of the molecule is CC(C)NC(=O)CCCC(=O)N(C)C1(C(=O)O)CCCCC1. The van der Waals surface area contributed by atoms with Gasteiger partial charge in [-0.25, -0.2) is 4.79 Å². The summed E-state index contributed by atoms with van der Waals surface area (Å²) in [5, 5.41) is 12.3. The van der Waals surface area contributed by atoms with Crippen molar-refractivity contribution in [2.24, 2.45) is 0 Å². The number of likely N-dealkylation sites (N-methyl/N-ethyl adjacent to an activating group) is 1. The van der Waals surface area contributed by atoms with E-state index in [9.17, 15) is 19.5 Å². The quantitative estimate of drug-likeness (QED) is 0.752. The van der Waals surface area contributed by atoms with Crippen LogP contribution >= 0.6 is 0 Å². The van der Waals surface area contributed by atoms with Gasteiger partial charge in [0.05, 0.1) is 0 Å². The average Bonchev–Trinajstić information content (AvgIpc) is 2.46. The molecule has 1 rings (SSSR count). The standard InChI is InChI=1S/C16H28N2O4/c1-12(2)17-13(19)8-7-9-14(20)18(3)16(15(21)22)10-5-4-6-11-16/h12H,4-11H2,1-3H3,(H,17,19)(H,21,22). The second-order valence-corrected chi connectivity index (χ2v) is 6.43. The summed E-state index contributed by atoms with van der Waals surface area (Å²) in [6.45, 7) is 3.77. The first-order valence-electron chi connectivity index (χ1n) is 8.09. The number of carboxylic acids is 1. The van der Waals surface area contributed by atoms with Crippen LogP contribution in [0.1, 0.15) is 65.2 Å². The molecule has 0 aromatic carbocycles. The van der Waals surface area contributed by atoms with Crippen molar-refractivity contribution in [2.45, 2.75) is 76.8 Å². The molecule has 0 atom stereocenters. The van der Waals surface area contributed by atoms with Crippen LogP contribution in [-0.4, -0.2) is 46.4 Å². The number of hydrogen-bond donors (Lipinski definition) is 2. The predicted molar refractivity (Wildman–Crippen MR) is 83.4 cm³/mol. The van der Waals surface area contributed by atoms with Gasteiger partial charge in [-0.05, 0) is 33.1 Å². The van der Waals surface area contributed by atoms with E-state index < -0.39 is 11.5 Å². The molecular weight excluding hydrogens is 284 g/mol. The Labute approximate surface area is 132 Å². The van der Waals surface area contributed by atoms with Gasteiger partial charge in [0.15, 0.2) is 0 Å². The fourth-order valence-corrected chi connectivity index (χ4v) is 3.03. The second kappa shape index (κ2) is 8.15. The fourth-order valence-electron chi connectivity index (χ4n) is 3.03. The van der Waals surface area contributed by atoms with Gasteiger partial charge < -0.3 is 15.3 Å². The molecule has 0 radical (unpaired) electrons. The van der Waals surface area contributed by atoms with Crippen LogP contribution in [0.5, 0.6) is 0 Å². The molecule has 126 valence electrons. The molecule has 0 aliphatic heterocycles. The number of hydrogen-bond acceptors (Lipinski definition) is 3. The van der Waals surface area contributed by atoms with Crippen LogP contribution in [0.15, 0.2) is 0 Å². The highest BCUT2D eigenvalue weighted by Gasteiger charge is 2.45. The number of carbonyl (C=O) groups is 3. The largest absolute Gasteiger partial charge is 0.479 e. The lowest BCUT2D eigenvalue weighted by Gasteiger charge is -2.41. The summed E-state index contributed by atoms with van der Waals surface area (Å²) in [5.74, 6) is -1.18. The lowest BCUT2D eigenvalue weighted by molar-refractivity contribution is -0.160. The van der Waals surface area contributed by atoms with Crippen LogP contribution in [0, 0.1) is 0 Å². The van der Waals surface area contributed by atoms with Crippen LogP contribution in [-0.2, 0) is 14.4 Å². The van der Waals surface area contributed by atoms with E-state index in [1.54, 1.807) is 7.05 Å². The zero-order valence-electron chi connectivity index (χ0n) is 13.9. The van der Waals surface area contributed by atoms with E-state index in [4.69, 9.17) is 0 Å². The second-order valence-electron chi connectivity index (χ2n) is 6.43. The van der Waals surface area contributed by atoms with Crippen LogP contribution in [0.25, 0.3) is 0 Å². The molecule has 0 spiro atoms. The highest BCUT2D eigenvalue weighted by Crippen LogP contribution is 2.33. The van der Waals surface area contributed by atoms with Crippen molar-refractivity contribution in [3.8, 4) is 0 Å². The maximum Gasteiger partial charge on any atom is 0.329 e. The van der Waals surface area contributed by atoms with Gasteiger partial charge >= 0.3 is 5.97 Å². The van der Waals surface area contributed by atoms with Crippen molar-refractivity contribution in [3.63, 3.8) is 0 Å². The molecular formula is C16H28N2O4. The molecule has 6 nitrogen and oxygen atoms in total. The number of amides is 2. The number of aliphatic carboxylic acids is 1. The van der Waals surface area contributed by atoms with E-state index >= 15 is 0 Å². The van der Waals surface area contributed by atoms with Crippen molar-refractivity contribution in [2.75, 3.05) is 7.05 Å². The molecule has 1 fully saturated rings. The van der Waals surface area contributed by atoms with E-state index in [1.165, 1.54) is 4.90 Å². The molecule has 2 N–H and O–H groups in total. The number of rotatable bonds is 7. The highest BCUT2D eigenvalue weighted by molar-refractivity contribution is 5.87. The topological polar surface area (TPSA) is 86.7 Å². The van der Waals surface area contributed by atoms with Gasteiger partial charge in [0.25, 0.3) is 0 Å². The van der Waals surface area contributed by atoms with E-state index in [2.05, 4.69) is 5.32 Å². The molecule has 0 heterocycles. The van der Waals surface area contributed by atoms with Gasteiger partial charge in [0.1, 0.15) is 5.54 Å². The average molecular weight is 312 g/mol. The number of carbonyl (C=O) groups excluding carboxylic acids is 2. The number of nitrogens with zero attached hydrogens (tertiary/aromatic N) is 1. The third kappa shape index (κ3) is 4.71. The van der Waals surface area contributed by atoms with Crippen molar-refractivity contribution in [1.29, 1.82) is 0 Å². The third-order valence-electron chi connectivity index (χ3n) is 4.34. The zero-order chi connectivity index (χ0) is 16.8. The first kappa shape index (κ1) is 18.5. The third-order valence-corrected chi connectivity index (χ3v) is 4.34. The number of carboxylic acid groups (broad SMARTS) is 1. The smallest absolute Gasteiger partial charge is 0.329 e. The van der Waals surface area contributed by atoms with Gasteiger partial charge in [-0.1, -0.05) is 19.3 Å². The lowest BCUT2D eigenvalue weighted by atomic mass is 9.80. The van der Waals surface area contributed by atoms with Crippen LogP contribution in [0.2, 0.25) is 0 Å². The summed E-state index contributed by atoms with van der Waals surface area (Å²) in [6, 6.07) is 0.0865. The van der Waals surface area contributed by atoms with Gasteiger partial charge in [-0.2, -0.15) is 0 Å². The monoisotopic (exact) mass is 312 g/mol. The molecule has 1 aliphatic carbocycles. The minimum absolute atomic E-state index is 0.0731. The number of nitrogens with one attached hydrogen (secondary N) is 1. The van der Waals surface area contributed by atoms with Crippen molar-refractivity contribution < 1.29 is 19.5 Å². The summed E-state index contributed by atoms with van der Waals surface area (Å²) in [6.07, 6.45) is 4.65. The Morgan fingerprint density at radius 2 is 1.73 bits per heavy atom. The molecule has 0 aromatic heterocycles. The van der Waals surface area contributed by atoms with Gasteiger partial charge in [-0.3, -0.25) is 9.59 Å². The first-order valence-corrected chi connectivity index (χ1v) is 8.09. The van der Waals surface area contributed by atoms with Gasteiger partial charge in [0.2, 0.25) is 11.8 Å². The minimum Gasteiger partial charge on any atom is -0.479 e. The maximum atomic E-state index is 12.3. The van der Waals surface area contributed by atoms with E-state index in [1.807, 2.05) is 13.8 Å². The molecule has 0 unspecified atom stereocenters. The van der Waals surface area contributed by atoms with E-state index in [0.717, 1.165) is 19.3 Å². The Morgan fingerprint density at radius 1 is 1.14 bits per heavy atom. The summed E-state index contributed by atoms with van der Waals surface area (Å²) in [5.41, 5.74) is -1.06. The van der Waals surface area contributed by atoms with Crippen molar-refractivity contribution in [3.05, 3.63) is 0 Å². The van der Waals surface area contributed by atoms with Crippen LogP contribution in [0.3, 0.4) is 0 Å². The Bertz CT molecular complexity index is 414. The molecule has 2 amide bonds. The summed E-state index contributed by atoms with van der Waals surface area (Å²) < 4.78 is 0. The highest BCUT2D eigenvalue weighted by atomic mass is 16.4. The Hall–Kier alpha value is -1.59. The lowest BCUT2D eigenvalue weighted by Crippen LogP contribution is -2.56. The molecule has 0 bridgehead atoms. The fraction of sp³-hybridized carbons (Fsp3) is 0.812. The summed E-state index contributed by atoms with van der Waals surface area (Å²) in [4.78, 5) is 36.9.